The number of hydrogen-bond acceptors (Lipinski definition) is 3. The lowest BCUT2D eigenvalue weighted by molar-refractivity contribution is 0.0282. The van der Waals surface area contributed by atoms with Crippen molar-refractivity contribution in [3.63, 3.8) is 0 Å². The largest absolute Gasteiger partial charge is 0.329 e. The van der Waals surface area contributed by atoms with Gasteiger partial charge in [0.15, 0.2) is 0 Å². The van der Waals surface area contributed by atoms with Gasteiger partial charge in [0.2, 0.25) is 0 Å². The molecule has 2 rings (SSSR count). The fourth-order valence-corrected chi connectivity index (χ4v) is 4.15. The molecule has 0 amide bonds. The van der Waals surface area contributed by atoms with Crippen LogP contribution in [0.3, 0.4) is 0 Å². The molecule has 1 heterocycles. The Morgan fingerprint density at radius 3 is 2.28 bits per heavy atom. The van der Waals surface area contributed by atoms with Crippen LogP contribution in [-0.4, -0.2) is 55.1 Å². The zero-order chi connectivity index (χ0) is 13.2. The zero-order valence-electron chi connectivity index (χ0n) is 12.5. The van der Waals surface area contributed by atoms with E-state index in [2.05, 4.69) is 30.7 Å². The van der Waals surface area contributed by atoms with Crippen LogP contribution in [0.25, 0.3) is 0 Å². The van der Waals surface area contributed by atoms with Crippen LogP contribution in [0.15, 0.2) is 0 Å². The molecule has 1 aliphatic carbocycles. The first-order valence-corrected chi connectivity index (χ1v) is 7.65. The standard InChI is InChI=1S/C15H31N3/c1-14(2)7-6-8-15(14,13-16)17(3)11-12-18-9-4-5-10-18/h4-13,16H2,1-3H3. The van der Waals surface area contributed by atoms with Gasteiger partial charge in [-0.25, -0.2) is 0 Å². The molecule has 2 fully saturated rings. The molecule has 0 bridgehead atoms. The molecule has 0 aromatic heterocycles. The van der Waals surface area contributed by atoms with Crippen molar-refractivity contribution in [3.05, 3.63) is 0 Å². The van der Waals surface area contributed by atoms with Crippen molar-refractivity contribution in [2.24, 2.45) is 11.1 Å². The van der Waals surface area contributed by atoms with Gasteiger partial charge in [0.25, 0.3) is 0 Å². The first-order chi connectivity index (χ1) is 8.52. The van der Waals surface area contributed by atoms with Crippen molar-refractivity contribution in [1.82, 2.24) is 9.80 Å². The molecule has 1 atom stereocenters. The smallest absolute Gasteiger partial charge is 0.0380 e. The van der Waals surface area contributed by atoms with Crippen molar-refractivity contribution < 1.29 is 0 Å². The second-order valence-electron chi connectivity index (χ2n) is 6.94. The summed E-state index contributed by atoms with van der Waals surface area (Å²) in [7, 11) is 2.29. The number of hydrogen-bond donors (Lipinski definition) is 1. The molecule has 3 nitrogen and oxygen atoms in total. The fourth-order valence-electron chi connectivity index (χ4n) is 4.15. The molecule has 1 unspecified atom stereocenters. The van der Waals surface area contributed by atoms with Crippen LogP contribution >= 0.6 is 0 Å². The monoisotopic (exact) mass is 253 g/mol. The molecule has 3 heteroatoms. The van der Waals surface area contributed by atoms with Gasteiger partial charge in [-0.1, -0.05) is 20.3 Å². The first kappa shape index (κ1) is 14.3. The Hall–Kier alpha value is -0.120. The number of nitrogens with zero attached hydrogens (tertiary/aromatic N) is 2. The van der Waals surface area contributed by atoms with E-state index in [9.17, 15) is 0 Å². The Morgan fingerprint density at radius 1 is 1.11 bits per heavy atom. The summed E-state index contributed by atoms with van der Waals surface area (Å²) in [6, 6.07) is 0. The van der Waals surface area contributed by atoms with Gasteiger partial charge >= 0.3 is 0 Å². The quantitative estimate of drug-likeness (QED) is 0.812. The predicted octanol–water partition coefficient (Wildman–Crippen LogP) is 1.92. The fraction of sp³-hybridized carbons (Fsp3) is 1.00. The maximum absolute atomic E-state index is 6.17. The SMILES string of the molecule is CN(CCN1CCCC1)C1(CN)CCCC1(C)C. The van der Waals surface area contributed by atoms with E-state index in [4.69, 9.17) is 5.73 Å². The van der Waals surface area contributed by atoms with Crippen molar-refractivity contribution in [3.8, 4) is 0 Å². The minimum atomic E-state index is 0.229. The summed E-state index contributed by atoms with van der Waals surface area (Å²) in [6.45, 7) is 10.6. The van der Waals surface area contributed by atoms with Gasteiger partial charge in [-0.05, 0) is 51.2 Å². The molecule has 1 saturated carbocycles. The number of likely N-dealkylation sites (tertiary alicyclic amines) is 1. The summed E-state index contributed by atoms with van der Waals surface area (Å²) in [6.07, 6.45) is 6.69. The van der Waals surface area contributed by atoms with E-state index in [1.54, 1.807) is 0 Å². The van der Waals surface area contributed by atoms with Crippen molar-refractivity contribution in [1.29, 1.82) is 0 Å². The summed E-state index contributed by atoms with van der Waals surface area (Å²) >= 11 is 0. The third-order valence-electron chi connectivity index (χ3n) is 5.67. The molecule has 0 aromatic rings. The van der Waals surface area contributed by atoms with E-state index in [0.717, 1.165) is 6.54 Å². The average Bonchev–Trinajstić information content (AvgIpc) is 2.93. The molecular formula is C15H31N3. The molecule has 18 heavy (non-hydrogen) atoms. The second-order valence-corrected chi connectivity index (χ2v) is 6.94. The van der Waals surface area contributed by atoms with E-state index in [1.807, 2.05) is 0 Å². The van der Waals surface area contributed by atoms with Gasteiger partial charge in [0, 0.05) is 25.2 Å². The molecule has 1 saturated heterocycles. The third kappa shape index (κ3) is 2.45. The summed E-state index contributed by atoms with van der Waals surface area (Å²) in [5.74, 6) is 0. The van der Waals surface area contributed by atoms with Crippen LogP contribution in [-0.2, 0) is 0 Å². The maximum atomic E-state index is 6.17. The highest BCUT2D eigenvalue weighted by atomic mass is 15.2. The molecule has 0 spiro atoms. The Kier molecular flexibility index (Phi) is 4.35. The number of likely N-dealkylation sites (N-methyl/N-ethyl adjacent to an activating group) is 1. The van der Waals surface area contributed by atoms with Crippen LogP contribution in [0.2, 0.25) is 0 Å². The lowest BCUT2D eigenvalue weighted by atomic mass is 9.74. The molecule has 1 aliphatic heterocycles. The van der Waals surface area contributed by atoms with Crippen LogP contribution < -0.4 is 5.73 Å². The lowest BCUT2D eigenvalue weighted by Gasteiger charge is -2.48. The summed E-state index contributed by atoms with van der Waals surface area (Å²) < 4.78 is 0. The summed E-state index contributed by atoms with van der Waals surface area (Å²) in [5, 5.41) is 0. The third-order valence-corrected chi connectivity index (χ3v) is 5.67. The van der Waals surface area contributed by atoms with Gasteiger partial charge in [-0.3, -0.25) is 4.90 Å². The first-order valence-electron chi connectivity index (χ1n) is 7.65. The van der Waals surface area contributed by atoms with Crippen molar-refractivity contribution >= 4 is 0 Å². The van der Waals surface area contributed by atoms with Crippen LogP contribution in [0.5, 0.6) is 0 Å². The van der Waals surface area contributed by atoms with Crippen molar-refractivity contribution in [2.75, 3.05) is 39.8 Å². The highest BCUT2D eigenvalue weighted by molar-refractivity contribution is 5.06. The molecule has 0 radical (unpaired) electrons. The van der Waals surface area contributed by atoms with Crippen LogP contribution in [0.4, 0.5) is 0 Å². The zero-order valence-corrected chi connectivity index (χ0v) is 12.5. The summed E-state index contributed by atoms with van der Waals surface area (Å²) in [4.78, 5) is 5.17. The maximum Gasteiger partial charge on any atom is 0.0380 e. The molecule has 2 aliphatic rings. The minimum absolute atomic E-state index is 0.229. The van der Waals surface area contributed by atoms with Crippen LogP contribution in [0.1, 0.15) is 46.0 Å². The Balaban J connectivity index is 1.94. The number of nitrogens with two attached hydrogens (primary N) is 1. The normalized spacial score (nSPS) is 32.5. The highest BCUT2D eigenvalue weighted by Crippen LogP contribution is 2.48. The van der Waals surface area contributed by atoms with Gasteiger partial charge in [-0.2, -0.15) is 0 Å². The van der Waals surface area contributed by atoms with Gasteiger partial charge in [0.1, 0.15) is 0 Å². The Morgan fingerprint density at radius 2 is 1.78 bits per heavy atom. The Bertz CT molecular complexity index is 271. The summed E-state index contributed by atoms with van der Waals surface area (Å²) in [5.41, 5.74) is 6.77. The second kappa shape index (κ2) is 5.48. The van der Waals surface area contributed by atoms with Gasteiger partial charge < -0.3 is 10.6 Å². The topological polar surface area (TPSA) is 32.5 Å². The van der Waals surface area contributed by atoms with E-state index in [-0.39, 0.29) is 5.54 Å². The van der Waals surface area contributed by atoms with E-state index >= 15 is 0 Å². The molecular weight excluding hydrogens is 222 g/mol. The highest BCUT2D eigenvalue weighted by Gasteiger charge is 2.50. The molecule has 0 aromatic carbocycles. The molecule has 106 valence electrons. The Labute approximate surface area is 113 Å². The van der Waals surface area contributed by atoms with Gasteiger partial charge in [-0.15, -0.1) is 0 Å². The lowest BCUT2D eigenvalue weighted by Crippen LogP contribution is -2.59. The van der Waals surface area contributed by atoms with E-state index in [1.165, 1.54) is 58.3 Å². The minimum Gasteiger partial charge on any atom is -0.329 e. The molecule has 2 N–H and O–H groups in total. The van der Waals surface area contributed by atoms with Crippen LogP contribution in [0, 0.1) is 5.41 Å². The predicted molar refractivity (Wildman–Crippen MR) is 77.7 cm³/mol. The average molecular weight is 253 g/mol. The van der Waals surface area contributed by atoms with E-state index in [0.29, 0.717) is 5.41 Å². The van der Waals surface area contributed by atoms with Crippen molar-refractivity contribution in [2.45, 2.75) is 51.5 Å². The van der Waals surface area contributed by atoms with Gasteiger partial charge in [0.05, 0.1) is 0 Å². The van der Waals surface area contributed by atoms with E-state index < -0.39 is 0 Å². The number of rotatable bonds is 5.